The number of carbonyl (C=O) groups excluding carboxylic acids is 2. The van der Waals surface area contributed by atoms with E-state index in [-0.39, 0.29) is 17.9 Å². The average molecular weight is 306 g/mol. The second kappa shape index (κ2) is 9.02. The fourth-order valence-corrected chi connectivity index (χ4v) is 2.07. The zero-order chi connectivity index (χ0) is 16.5. The van der Waals surface area contributed by atoms with E-state index in [1.165, 1.54) is 0 Å². The van der Waals surface area contributed by atoms with E-state index in [0.29, 0.717) is 19.6 Å². The Balaban J connectivity index is 2.62. The zero-order valence-electron chi connectivity index (χ0n) is 13.8. The van der Waals surface area contributed by atoms with E-state index in [1.54, 1.807) is 17.3 Å². The van der Waals surface area contributed by atoms with Crippen molar-refractivity contribution in [2.75, 3.05) is 13.1 Å². The Kier molecular flexibility index (Phi) is 7.36. The van der Waals surface area contributed by atoms with Crippen molar-refractivity contribution in [3.05, 3.63) is 30.1 Å². The fourth-order valence-electron chi connectivity index (χ4n) is 2.07. The van der Waals surface area contributed by atoms with Gasteiger partial charge in [0.1, 0.15) is 6.04 Å². The van der Waals surface area contributed by atoms with Crippen LogP contribution in [0.2, 0.25) is 0 Å². The molecule has 0 aliphatic carbocycles. The third kappa shape index (κ3) is 5.35. The van der Waals surface area contributed by atoms with Crippen molar-refractivity contribution in [1.82, 2.24) is 20.5 Å². The monoisotopic (exact) mass is 306 g/mol. The van der Waals surface area contributed by atoms with Gasteiger partial charge >= 0.3 is 6.03 Å². The molecule has 1 rings (SSSR count). The van der Waals surface area contributed by atoms with Crippen LogP contribution in [0.4, 0.5) is 4.79 Å². The summed E-state index contributed by atoms with van der Waals surface area (Å²) in [7, 11) is 0. The van der Waals surface area contributed by atoms with Crippen molar-refractivity contribution >= 4 is 11.9 Å². The number of hydrogen-bond acceptors (Lipinski definition) is 3. The average Bonchev–Trinajstić information content (AvgIpc) is 2.52. The Morgan fingerprint density at radius 3 is 2.45 bits per heavy atom. The van der Waals surface area contributed by atoms with Crippen LogP contribution in [0.3, 0.4) is 0 Å². The van der Waals surface area contributed by atoms with Crippen molar-refractivity contribution < 1.29 is 9.59 Å². The van der Waals surface area contributed by atoms with E-state index in [9.17, 15) is 9.59 Å². The summed E-state index contributed by atoms with van der Waals surface area (Å²) in [6.45, 7) is 9.28. The lowest BCUT2D eigenvalue weighted by atomic mass is 10.0. The molecule has 0 aromatic carbocycles. The molecule has 1 aromatic rings. The van der Waals surface area contributed by atoms with Gasteiger partial charge in [0.15, 0.2) is 0 Å². The van der Waals surface area contributed by atoms with Gasteiger partial charge < -0.3 is 15.5 Å². The lowest BCUT2D eigenvalue weighted by molar-refractivity contribution is -0.124. The molecule has 6 heteroatoms. The molecular formula is C16H26N4O2. The summed E-state index contributed by atoms with van der Waals surface area (Å²) in [5, 5.41) is 5.66. The first-order chi connectivity index (χ1) is 10.5. The first-order valence-corrected chi connectivity index (χ1v) is 7.71. The van der Waals surface area contributed by atoms with Crippen molar-refractivity contribution in [2.24, 2.45) is 5.92 Å². The van der Waals surface area contributed by atoms with Gasteiger partial charge in [-0.25, -0.2) is 4.79 Å². The van der Waals surface area contributed by atoms with Crippen LogP contribution in [-0.2, 0) is 11.3 Å². The summed E-state index contributed by atoms with van der Waals surface area (Å²) in [5.74, 6) is -0.173. The predicted molar refractivity (Wildman–Crippen MR) is 86.2 cm³/mol. The predicted octanol–water partition coefficient (Wildman–Crippen LogP) is 1.77. The number of rotatable bonds is 7. The molecule has 0 bridgehead atoms. The zero-order valence-corrected chi connectivity index (χ0v) is 13.8. The number of carbonyl (C=O) groups is 2. The lowest BCUT2D eigenvalue weighted by Crippen LogP contribution is -2.53. The number of nitrogens with zero attached hydrogens (tertiary/aromatic N) is 2. The molecule has 2 N–H and O–H groups in total. The molecule has 0 fully saturated rings. The van der Waals surface area contributed by atoms with E-state index in [2.05, 4.69) is 15.6 Å². The second-order valence-electron chi connectivity index (χ2n) is 5.42. The summed E-state index contributed by atoms with van der Waals surface area (Å²) < 4.78 is 0. The summed E-state index contributed by atoms with van der Waals surface area (Å²) in [5.41, 5.74) is 0.924. The van der Waals surface area contributed by atoms with Gasteiger partial charge in [-0.2, -0.15) is 0 Å². The van der Waals surface area contributed by atoms with Crippen LogP contribution >= 0.6 is 0 Å². The Bertz CT molecular complexity index is 472. The van der Waals surface area contributed by atoms with Crippen molar-refractivity contribution in [3.63, 3.8) is 0 Å². The maximum absolute atomic E-state index is 12.3. The summed E-state index contributed by atoms with van der Waals surface area (Å²) in [6.07, 6.45) is 3.39. The van der Waals surface area contributed by atoms with Crippen LogP contribution in [-0.4, -0.2) is 41.0 Å². The third-order valence-electron chi connectivity index (χ3n) is 3.47. The van der Waals surface area contributed by atoms with E-state index in [0.717, 1.165) is 5.56 Å². The van der Waals surface area contributed by atoms with E-state index in [1.807, 2.05) is 39.8 Å². The Hall–Kier alpha value is -2.11. The molecule has 122 valence electrons. The first kappa shape index (κ1) is 17.9. The van der Waals surface area contributed by atoms with Gasteiger partial charge in [-0.05, 0) is 31.4 Å². The highest BCUT2D eigenvalue weighted by molar-refractivity contribution is 5.87. The van der Waals surface area contributed by atoms with Crippen LogP contribution in [0, 0.1) is 5.92 Å². The first-order valence-electron chi connectivity index (χ1n) is 7.71. The maximum atomic E-state index is 12.3. The Morgan fingerprint density at radius 2 is 1.95 bits per heavy atom. The van der Waals surface area contributed by atoms with Gasteiger partial charge in [0, 0.05) is 32.0 Å². The molecule has 1 atom stereocenters. The van der Waals surface area contributed by atoms with Crippen molar-refractivity contribution in [3.8, 4) is 0 Å². The standard InChI is InChI=1S/C16H26N4O2/c1-5-20(6-2)16(22)19-14(12(3)4)15(21)18-11-13-8-7-9-17-10-13/h7-10,12,14H,5-6,11H2,1-4H3,(H,18,21)(H,19,22)/t14-/m0/s1. The van der Waals surface area contributed by atoms with Gasteiger partial charge in [-0.3, -0.25) is 9.78 Å². The molecule has 3 amide bonds. The molecule has 0 saturated carbocycles. The minimum atomic E-state index is -0.551. The van der Waals surface area contributed by atoms with Gasteiger partial charge in [0.2, 0.25) is 5.91 Å². The number of nitrogens with one attached hydrogen (secondary N) is 2. The van der Waals surface area contributed by atoms with E-state index < -0.39 is 6.04 Å². The summed E-state index contributed by atoms with van der Waals surface area (Å²) in [4.78, 5) is 30.1. The fraction of sp³-hybridized carbons (Fsp3) is 0.562. The molecule has 0 spiro atoms. The van der Waals surface area contributed by atoms with Crippen LogP contribution in [0.5, 0.6) is 0 Å². The number of urea groups is 1. The molecule has 0 aliphatic rings. The van der Waals surface area contributed by atoms with Crippen LogP contribution < -0.4 is 10.6 Å². The third-order valence-corrected chi connectivity index (χ3v) is 3.47. The molecule has 0 aliphatic heterocycles. The second-order valence-corrected chi connectivity index (χ2v) is 5.42. The normalized spacial score (nSPS) is 11.9. The number of hydrogen-bond donors (Lipinski definition) is 2. The largest absolute Gasteiger partial charge is 0.350 e. The molecule has 6 nitrogen and oxygen atoms in total. The molecular weight excluding hydrogens is 280 g/mol. The van der Waals surface area contributed by atoms with Gasteiger partial charge in [0.05, 0.1) is 0 Å². The topological polar surface area (TPSA) is 74.3 Å². The molecule has 1 aromatic heterocycles. The number of pyridine rings is 1. The van der Waals surface area contributed by atoms with Crippen molar-refractivity contribution in [2.45, 2.75) is 40.3 Å². The van der Waals surface area contributed by atoms with E-state index in [4.69, 9.17) is 0 Å². The maximum Gasteiger partial charge on any atom is 0.318 e. The molecule has 0 unspecified atom stereocenters. The Labute approximate surface area is 132 Å². The lowest BCUT2D eigenvalue weighted by Gasteiger charge is -2.26. The minimum Gasteiger partial charge on any atom is -0.350 e. The van der Waals surface area contributed by atoms with Crippen LogP contribution in [0.15, 0.2) is 24.5 Å². The van der Waals surface area contributed by atoms with Gasteiger partial charge in [-0.1, -0.05) is 19.9 Å². The summed E-state index contributed by atoms with van der Waals surface area (Å²) >= 11 is 0. The summed E-state index contributed by atoms with van der Waals surface area (Å²) in [6, 6.07) is 2.96. The van der Waals surface area contributed by atoms with E-state index >= 15 is 0 Å². The highest BCUT2D eigenvalue weighted by atomic mass is 16.2. The van der Waals surface area contributed by atoms with Gasteiger partial charge in [0.25, 0.3) is 0 Å². The Morgan fingerprint density at radius 1 is 1.27 bits per heavy atom. The SMILES string of the molecule is CCN(CC)C(=O)N[C@H](C(=O)NCc1cccnc1)C(C)C. The molecule has 0 radical (unpaired) electrons. The van der Waals surface area contributed by atoms with Crippen molar-refractivity contribution in [1.29, 1.82) is 0 Å². The smallest absolute Gasteiger partial charge is 0.318 e. The molecule has 1 heterocycles. The minimum absolute atomic E-state index is 0.00779. The molecule has 22 heavy (non-hydrogen) atoms. The highest BCUT2D eigenvalue weighted by Crippen LogP contribution is 2.04. The van der Waals surface area contributed by atoms with Gasteiger partial charge in [-0.15, -0.1) is 0 Å². The number of aromatic nitrogens is 1. The molecule has 0 saturated heterocycles. The quantitative estimate of drug-likeness (QED) is 0.806. The van der Waals surface area contributed by atoms with Crippen LogP contribution in [0.25, 0.3) is 0 Å². The van der Waals surface area contributed by atoms with Crippen LogP contribution in [0.1, 0.15) is 33.3 Å². The highest BCUT2D eigenvalue weighted by Gasteiger charge is 2.25. The number of amides is 3.